The van der Waals surface area contributed by atoms with Gasteiger partial charge in [0.15, 0.2) is 5.78 Å². The van der Waals surface area contributed by atoms with Crippen LogP contribution in [0.4, 0.5) is 9.59 Å². The van der Waals surface area contributed by atoms with Gasteiger partial charge in [-0.1, -0.05) is 74.5 Å². The molecule has 2 heterocycles. The zero-order valence-corrected chi connectivity index (χ0v) is 31.2. The highest BCUT2D eigenvalue weighted by Gasteiger charge is 2.30. The number of carbonyl (C=O) groups excluding carboxylic acids is 3. The Balaban J connectivity index is 1.45. The molecule has 0 spiro atoms. The first-order valence-electron chi connectivity index (χ1n) is 17.0. The van der Waals surface area contributed by atoms with Gasteiger partial charge in [-0.15, -0.1) is 22.7 Å². The maximum absolute atomic E-state index is 14.0. The summed E-state index contributed by atoms with van der Waals surface area (Å²) in [4.78, 5) is 51.4. The van der Waals surface area contributed by atoms with Crippen molar-refractivity contribution in [3.8, 4) is 0 Å². The number of ketones is 1. The molecule has 0 bridgehead atoms. The Morgan fingerprint density at radius 3 is 2.18 bits per heavy atom. The third-order valence-corrected chi connectivity index (χ3v) is 10.5. The second-order valence-corrected chi connectivity index (χ2v) is 14.8. The fourth-order valence-electron chi connectivity index (χ4n) is 5.67. The fourth-order valence-corrected chi connectivity index (χ4v) is 7.00. The van der Waals surface area contributed by atoms with Crippen LogP contribution in [-0.4, -0.2) is 65.1 Å². The van der Waals surface area contributed by atoms with Crippen molar-refractivity contribution in [3.63, 3.8) is 0 Å². The monoisotopic (exact) mass is 719 g/mol. The largest absolute Gasteiger partial charge is 0.444 e. The summed E-state index contributed by atoms with van der Waals surface area (Å²) in [6.07, 6.45) is 3.47. The van der Waals surface area contributed by atoms with Crippen molar-refractivity contribution in [1.29, 1.82) is 0 Å². The average Bonchev–Trinajstić information content (AvgIpc) is 3.82. The second-order valence-electron chi connectivity index (χ2n) is 12.9. The number of rotatable bonds is 19. The average molecular weight is 720 g/mol. The van der Waals surface area contributed by atoms with E-state index in [4.69, 9.17) is 9.47 Å². The molecule has 2 aromatic heterocycles. The third-order valence-electron chi connectivity index (χ3n) is 8.53. The molecular weight excluding hydrogens is 671 g/mol. The fraction of sp³-hybridized carbons (Fsp3) is 0.447. The highest BCUT2D eigenvalue weighted by atomic mass is 32.1. The van der Waals surface area contributed by atoms with Crippen molar-refractivity contribution in [2.45, 2.75) is 90.1 Å². The first-order chi connectivity index (χ1) is 24.1. The number of urea groups is 1. The number of benzene rings is 2. The summed E-state index contributed by atoms with van der Waals surface area (Å²) in [5.74, 6) is 0.159. The zero-order valence-electron chi connectivity index (χ0n) is 29.5. The highest BCUT2D eigenvalue weighted by Crippen LogP contribution is 2.23. The number of hydrogen-bond acceptors (Lipinski definition) is 9. The molecule has 4 atom stereocenters. The second kappa shape index (κ2) is 19.9. The number of nitrogens with one attached hydrogen (secondary N) is 2. The minimum Gasteiger partial charge on any atom is -0.444 e. The van der Waals surface area contributed by atoms with Crippen molar-refractivity contribution in [3.05, 3.63) is 104 Å². The summed E-state index contributed by atoms with van der Waals surface area (Å²) in [5, 5.41) is 9.00. The van der Waals surface area contributed by atoms with Crippen LogP contribution in [0.1, 0.15) is 72.7 Å². The van der Waals surface area contributed by atoms with Crippen molar-refractivity contribution < 1.29 is 23.9 Å². The van der Waals surface area contributed by atoms with Crippen LogP contribution >= 0.6 is 22.7 Å². The van der Waals surface area contributed by atoms with E-state index < -0.39 is 18.2 Å². The molecule has 50 heavy (non-hydrogen) atoms. The van der Waals surface area contributed by atoms with Crippen LogP contribution in [0.2, 0.25) is 0 Å². The van der Waals surface area contributed by atoms with E-state index >= 15 is 0 Å². The Morgan fingerprint density at radius 2 is 1.58 bits per heavy atom. The van der Waals surface area contributed by atoms with Crippen LogP contribution in [0.5, 0.6) is 0 Å². The van der Waals surface area contributed by atoms with Gasteiger partial charge in [-0.2, -0.15) is 0 Å². The van der Waals surface area contributed by atoms with Crippen LogP contribution < -0.4 is 10.6 Å². The van der Waals surface area contributed by atoms with E-state index in [9.17, 15) is 14.4 Å². The number of amides is 3. The first-order valence-corrected chi connectivity index (χ1v) is 18.8. The Morgan fingerprint density at radius 1 is 0.900 bits per heavy atom. The Kier molecular flexibility index (Phi) is 15.4. The summed E-state index contributed by atoms with van der Waals surface area (Å²) in [6.45, 7) is 6.46. The molecule has 0 saturated heterocycles. The molecule has 0 fully saturated rings. The Hall–Kier alpha value is -4.13. The van der Waals surface area contributed by atoms with E-state index in [0.29, 0.717) is 38.1 Å². The van der Waals surface area contributed by atoms with E-state index in [2.05, 4.69) is 46.6 Å². The summed E-state index contributed by atoms with van der Waals surface area (Å²) >= 11 is 3.01. The van der Waals surface area contributed by atoms with Crippen molar-refractivity contribution in [1.82, 2.24) is 25.5 Å². The van der Waals surface area contributed by atoms with Gasteiger partial charge in [0, 0.05) is 44.1 Å². The molecule has 0 aliphatic heterocycles. The number of hydrogen-bond donors (Lipinski definition) is 2. The Bertz CT molecular complexity index is 1600. The standard InChI is InChI=1S/C38H49N5O5S2/c1-26(2)36-40-32(24-49-36)22-43(4)37(45)42-35(27(3)47-5)34(44)20-30(18-28-12-8-6-9-13-28)16-17-31(19-29-14-10-7-11-15-29)41-38(46)48-23-33-21-39-25-50-33/h6-15,21,24-27,30-31,35H,16-20,22-23H2,1-5H3,(H,41,46)(H,42,45)/t27?,30-,31-,35+/m1/s1. The van der Waals surface area contributed by atoms with E-state index in [1.807, 2.05) is 53.9 Å². The number of Topliss-reactive ketones (excluding diaryl/α,β-unsaturated/α-hetero) is 1. The van der Waals surface area contributed by atoms with Crippen molar-refractivity contribution in [2.24, 2.45) is 5.92 Å². The molecule has 0 radical (unpaired) electrons. The van der Waals surface area contributed by atoms with Gasteiger partial charge in [-0.3, -0.25) is 9.78 Å². The molecule has 0 aliphatic carbocycles. The SMILES string of the molecule is COC(C)[C@H](NC(=O)N(C)Cc1csc(C(C)C)n1)C(=O)C[C@H](CC[C@H](Cc1ccccc1)NC(=O)OCc1cncs1)Cc1ccccc1. The quantitative estimate of drug-likeness (QED) is 0.104. The number of alkyl carbamates (subject to hydrolysis) is 1. The van der Waals surface area contributed by atoms with Gasteiger partial charge in [-0.25, -0.2) is 14.6 Å². The predicted octanol–water partition coefficient (Wildman–Crippen LogP) is 7.40. The summed E-state index contributed by atoms with van der Waals surface area (Å²) < 4.78 is 11.1. The van der Waals surface area contributed by atoms with Crippen LogP contribution in [0.15, 0.2) is 77.8 Å². The molecule has 10 nitrogen and oxygen atoms in total. The molecule has 268 valence electrons. The molecule has 12 heteroatoms. The van der Waals surface area contributed by atoms with Crippen molar-refractivity contribution >= 4 is 40.6 Å². The lowest BCUT2D eigenvalue weighted by Gasteiger charge is -2.28. The summed E-state index contributed by atoms with van der Waals surface area (Å²) in [5.41, 5.74) is 4.73. The van der Waals surface area contributed by atoms with Crippen LogP contribution in [0, 0.1) is 5.92 Å². The van der Waals surface area contributed by atoms with Crippen LogP contribution in [-0.2, 0) is 40.3 Å². The lowest BCUT2D eigenvalue weighted by atomic mass is 9.86. The molecule has 1 unspecified atom stereocenters. The Labute approximate surface area is 303 Å². The van der Waals surface area contributed by atoms with E-state index in [1.165, 1.54) is 16.2 Å². The number of nitrogens with zero attached hydrogens (tertiary/aromatic N) is 3. The van der Waals surface area contributed by atoms with Gasteiger partial charge in [-0.05, 0) is 49.7 Å². The van der Waals surface area contributed by atoms with Gasteiger partial charge in [0.1, 0.15) is 12.6 Å². The minimum absolute atomic E-state index is 0.0520. The van der Waals surface area contributed by atoms with E-state index in [-0.39, 0.29) is 36.8 Å². The highest BCUT2D eigenvalue weighted by molar-refractivity contribution is 7.09. The first kappa shape index (κ1) is 38.7. The molecule has 4 aromatic rings. The molecule has 0 aliphatic rings. The summed E-state index contributed by atoms with van der Waals surface area (Å²) in [6, 6.07) is 18.6. The van der Waals surface area contributed by atoms with Crippen molar-refractivity contribution in [2.75, 3.05) is 14.2 Å². The van der Waals surface area contributed by atoms with Gasteiger partial charge in [0.05, 0.1) is 33.7 Å². The van der Waals surface area contributed by atoms with Gasteiger partial charge in [0.2, 0.25) is 0 Å². The van der Waals surface area contributed by atoms with Gasteiger partial charge in [0.25, 0.3) is 0 Å². The topological polar surface area (TPSA) is 123 Å². The lowest BCUT2D eigenvalue weighted by molar-refractivity contribution is -0.124. The molecular formula is C38H49N5O5S2. The number of aromatic nitrogens is 2. The maximum atomic E-state index is 14.0. The molecule has 3 amide bonds. The zero-order chi connectivity index (χ0) is 35.9. The smallest absolute Gasteiger partial charge is 0.407 e. The molecule has 0 saturated carbocycles. The molecule has 4 rings (SSSR count). The summed E-state index contributed by atoms with van der Waals surface area (Å²) in [7, 11) is 3.24. The minimum atomic E-state index is -0.838. The van der Waals surface area contributed by atoms with Gasteiger partial charge < -0.3 is 25.0 Å². The normalized spacial score (nSPS) is 13.6. The predicted molar refractivity (Wildman–Crippen MR) is 198 cm³/mol. The van der Waals surface area contributed by atoms with E-state index in [0.717, 1.165) is 26.7 Å². The van der Waals surface area contributed by atoms with Crippen LogP contribution in [0.3, 0.4) is 0 Å². The van der Waals surface area contributed by atoms with Crippen LogP contribution in [0.25, 0.3) is 0 Å². The number of methoxy groups -OCH3 is 1. The number of thiazole rings is 2. The number of carbonyl (C=O) groups is 3. The van der Waals surface area contributed by atoms with Gasteiger partial charge >= 0.3 is 12.1 Å². The molecule has 2 aromatic carbocycles. The molecule has 2 N–H and O–H groups in total. The van der Waals surface area contributed by atoms with E-state index in [1.54, 1.807) is 44.1 Å². The number of ether oxygens (including phenoxy) is 2. The lowest BCUT2D eigenvalue weighted by Crippen LogP contribution is -2.52. The third kappa shape index (κ3) is 12.6. The maximum Gasteiger partial charge on any atom is 0.407 e.